The minimum Gasteiger partial charge on any atom is -0.331 e. The van der Waals surface area contributed by atoms with Crippen molar-refractivity contribution in [2.75, 3.05) is 32.8 Å². The van der Waals surface area contributed by atoms with Crippen LogP contribution in [-0.4, -0.2) is 71.0 Å². The number of nitrogens with one attached hydrogen (secondary N) is 2. The minimum absolute atomic E-state index is 0.0467. The van der Waals surface area contributed by atoms with Crippen molar-refractivity contribution in [3.63, 3.8) is 0 Å². The predicted molar refractivity (Wildman–Crippen MR) is 109 cm³/mol. The van der Waals surface area contributed by atoms with Gasteiger partial charge in [0.15, 0.2) is 6.67 Å². The van der Waals surface area contributed by atoms with E-state index in [1.165, 1.54) is 21.1 Å². The van der Waals surface area contributed by atoms with Crippen LogP contribution in [0.2, 0.25) is 0 Å². The predicted octanol–water partition coefficient (Wildman–Crippen LogP) is 0.323. The van der Waals surface area contributed by atoms with Gasteiger partial charge >= 0.3 is 6.03 Å². The second-order valence-electron chi connectivity index (χ2n) is 8.51. The van der Waals surface area contributed by atoms with Crippen LogP contribution in [0.15, 0.2) is 5.38 Å². The number of rotatable bonds is 4. The molecular formula is C20H30N5O3S+. The molecule has 29 heavy (non-hydrogen) atoms. The Morgan fingerprint density at radius 1 is 1.21 bits per heavy atom. The van der Waals surface area contributed by atoms with Crippen LogP contribution >= 0.6 is 11.3 Å². The molecule has 1 saturated carbocycles. The quantitative estimate of drug-likeness (QED) is 0.687. The molecule has 0 unspecified atom stereocenters. The molecule has 158 valence electrons. The van der Waals surface area contributed by atoms with Gasteiger partial charge in [-0.1, -0.05) is 25.7 Å². The Labute approximate surface area is 175 Å². The first-order chi connectivity index (χ1) is 14.0. The summed E-state index contributed by atoms with van der Waals surface area (Å²) in [6.07, 6.45) is 6.10. The molecule has 3 fully saturated rings. The third kappa shape index (κ3) is 4.30. The zero-order valence-electron chi connectivity index (χ0n) is 17.0. The van der Waals surface area contributed by atoms with Gasteiger partial charge in [-0.3, -0.25) is 9.59 Å². The Hall–Kier alpha value is -2.00. The summed E-state index contributed by atoms with van der Waals surface area (Å²) in [4.78, 5) is 46.9. The maximum Gasteiger partial charge on any atom is 0.329 e. The highest BCUT2D eigenvalue weighted by atomic mass is 32.1. The van der Waals surface area contributed by atoms with E-state index in [1.807, 2.05) is 17.2 Å². The number of piperazine rings is 1. The van der Waals surface area contributed by atoms with Crippen LogP contribution in [-0.2, 0) is 16.0 Å². The molecule has 9 heteroatoms. The van der Waals surface area contributed by atoms with Crippen molar-refractivity contribution in [3.05, 3.63) is 16.1 Å². The summed E-state index contributed by atoms with van der Waals surface area (Å²) in [7, 11) is 0. The van der Waals surface area contributed by atoms with E-state index < -0.39 is 5.54 Å². The van der Waals surface area contributed by atoms with Crippen LogP contribution in [0, 0.1) is 6.92 Å². The molecule has 0 bridgehead atoms. The fourth-order valence-electron chi connectivity index (χ4n) is 4.67. The number of imide groups is 1. The van der Waals surface area contributed by atoms with Crippen LogP contribution in [0.5, 0.6) is 0 Å². The first kappa shape index (κ1) is 20.3. The van der Waals surface area contributed by atoms with Crippen molar-refractivity contribution in [1.82, 2.24) is 20.1 Å². The lowest BCUT2D eigenvalue weighted by Gasteiger charge is -2.33. The van der Waals surface area contributed by atoms with Gasteiger partial charge in [0.25, 0.3) is 5.91 Å². The second-order valence-corrected chi connectivity index (χ2v) is 9.45. The number of carbonyl (C=O) groups excluding carboxylic acids is 3. The van der Waals surface area contributed by atoms with Crippen molar-refractivity contribution >= 4 is 29.2 Å². The molecule has 3 aliphatic rings. The summed E-state index contributed by atoms with van der Waals surface area (Å²) in [5.41, 5.74) is 0.281. The fourth-order valence-corrected chi connectivity index (χ4v) is 5.43. The lowest BCUT2D eigenvalue weighted by atomic mass is 9.90. The lowest BCUT2D eigenvalue weighted by molar-refractivity contribution is -0.911. The number of amides is 4. The zero-order valence-corrected chi connectivity index (χ0v) is 17.9. The lowest BCUT2D eigenvalue weighted by Crippen LogP contribution is -3.16. The van der Waals surface area contributed by atoms with Gasteiger partial charge < -0.3 is 15.1 Å². The first-order valence-electron chi connectivity index (χ1n) is 10.6. The number of carbonyl (C=O) groups is 3. The smallest absolute Gasteiger partial charge is 0.329 e. The van der Waals surface area contributed by atoms with Crippen molar-refractivity contribution < 1.29 is 19.3 Å². The molecule has 1 spiro atoms. The monoisotopic (exact) mass is 420 g/mol. The topological polar surface area (TPSA) is 87.0 Å². The first-order valence-corrected chi connectivity index (χ1v) is 11.5. The molecule has 0 atom stereocenters. The van der Waals surface area contributed by atoms with Crippen molar-refractivity contribution in [2.45, 2.75) is 57.4 Å². The number of nitrogens with zero attached hydrogens (tertiary/aromatic N) is 3. The maximum absolute atomic E-state index is 13.1. The molecule has 1 aliphatic carbocycles. The van der Waals surface area contributed by atoms with Gasteiger partial charge in [0.05, 0.1) is 32.6 Å². The molecular weight excluding hydrogens is 390 g/mol. The molecule has 1 aromatic rings. The van der Waals surface area contributed by atoms with E-state index in [1.54, 1.807) is 0 Å². The van der Waals surface area contributed by atoms with E-state index in [-0.39, 0.29) is 17.8 Å². The van der Waals surface area contributed by atoms with Crippen LogP contribution < -0.4 is 10.2 Å². The molecule has 0 aromatic carbocycles. The van der Waals surface area contributed by atoms with E-state index in [2.05, 4.69) is 10.3 Å². The Balaban J connectivity index is 1.29. The van der Waals surface area contributed by atoms with Crippen molar-refractivity contribution in [1.29, 1.82) is 0 Å². The normalized spacial score (nSPS) is 22.8. The molecule has 0 radical (unpaired) electrons. The highest BCUT2D eigenvalue weighted by Gasteiger charge is 2.51. The third-order valence-electron chi connectivity index (χ3n) is 6.38. The number of aryl methyl sites for hydroxylation is 1. The highest BCUT2D eigenvalue weighted by Crippen LogP contribution is 2.32. The number of quaternary nitrogens is 1. The van der Waals surface area contributed by atoms with E-state index >= 15 is 0 Å². The molecule has 4 amide bonds. The number of thiazole rings is 1. The molecule has 2 aliphatic heterocycles. The van der Waals surface area contributed by atoms with Crippen molar-refractivity contribution in [2.24, 2.45) is 0 Å². The Morgan fingerprint density at radius 3 is 2.52 bits per heavy atom. The van der Waals surface area contributed by atoms with E-state index in [0.717, 1.165) is 62.3 Å². The van der Waals surface area contributed by atoms with E-state index in [0.29, 0.717) is 26.2 Å². The number of hydrogen-bond donors (Lipinski definition) is 2. The number of aromatic nitrogens is 1. The Morgan fingerprint density at radius 2 is 1.90 bits per heavy atom. The molecule has 1 aromatic heterocycles. The minimum atomic E-state index is -0.670. The van der Waals surface area contributed by atoms with Gasteiger partial charge in [-0.25, -0.2) is 14.7 Å². The van der Waals surface area contributed by atoms with Gasteiger partial charge in [0.1, 0.15) is 10.5 Å². The van der Waals surface area contributed by atoms with Gasteiger partial charge in [0.2, 0.25) is 5.91 Å². The zero-order chi connectivity index (χ0) is 20.4. The summed E-state index contributed by atoms with van der Waals surface area (Å²) in [5, 5.41) is 5.83. The Bertz CT molecular complexity index is 779. The average molecular weight is 421 g/mol. The molecule has 3 heterocycles. The van der Waals surface area contributed by atoms with Crippen LogP contribution in [0.1, 0.15) is 49.2 Å². The Kier molecular flexibility index (Phi) is 5.87. The average Bonchev–Trinajstić information content (AvgIpc) is 3.09. The molecule has 2 saturated heterocycles. The van der Waals surface area contributed by atoms with Gasteiger partial charge in [0, 0.05) is 11.1 Å². The summed E-state index contributed by atoms with van der Waals surface area (Å²) in [6.45, 7) is 5.10. The number of hydrogen-bond acceptors (Lipinski definition) is 5. The van der Waals surface area contributed by atoms with E-state index in [4.69, 9.17) is 0 Å². The molecule has 8 nitrogen and oxygen atoms in total. The second kappa shape index (κ2) is 8.39. The standard InChI is InChI=1S/C20H29N5O3S/c1-15-13-29-16(21-15)12-17(26)24-10-8-23(9-11-24)14-25-18(27)20(22-19(25)28)6-4-2-3-5-7-20/h13H,2-12,14H2,1H3,(H,22,28)/p+1. The summed E-state index contributed by atoms with van der Waals surface area (Å²) in [5.74, 6) is 0.0559. The fraction of sp³-hybridized carbons (Fsp3) is 0.700. The van der Waals surface area contributed by atoms with Crippen molar-refractivity contribution in [3.8, 4) is 0 Å². The van der Waals surface area contributed by atoms with Gasteiger partial charge in [-0.2, -0.15) is 0 Å². The molecule has 4 rings (SSSR count). The number of urea groups is 1. The van der Waals surface area contributed by atoms with E-state index in [9.17, 15) is 14.4 Å². The van der Waals surface area contributed by atoms with Gasteiger partial charge in [-0.15, -0.1) is 11.3 Å². The maximum atomic E-state index is 13.1. The third-order valence-corrected chi connectivity index (χ3v) is 7.34. The molecule has 2 N–H and O–H groups in total. The van der Waals surface area contributed by atoms with Crippen LogP contribution in [0.3, 0.4) is 0 Å². The van der Waals surface area contributed by atoms with Gasteiger partial charge in [-0.05, 0) is 19.8 Å². The van der Waals surface area contributed by atoms with Crippen LogP contribution in [0.25, 0.3) is 0 Å². The summed E-state index contributed by atoms with van der Waals surface area (Å²) < 4.78 is 0. The summed E-state index contributed by atoms with van der Waals surface area (Å²) >= 11 is 1.52. The highest BCUT2D eigenvalue weighted by molar-refractivity contribution is 7.09. The largest absolute Gasteiger partial charge is 0.331 e. The van der Waals surface area contributed by atoms with Crippen LogP contribution in [0.4, 0.5) is 4.79 Å². The summed E-state index contributed by atoms with van der Waals surface area (Å²) in [6, 6.07) is -0.248. The SMILES string of the molecule is Cc1csc(CC(=O)N2CC[NH+](CN3C(=O)NC4(CCCCCC4)C3=O)CC2)n1.